The molecule has 19 heavy (non-hydrogen) atoms. The number of thiazole rings is 1. The third kappa shape index (κ3) is 2.38. The van der Waals surface area contributed by atoms with Gasteiger partial charge < -0.3 is 4.74 Å². The Bertz CT molecular complexity index is 751. The van der Waals surface area contributed by atoms with E-state index in [0.29, 0.717) is 0 Å². The number of methoxy groups -OCH3 is 1. The second-order valence-corrected chi connectivity index (χ2v) is 6.22. The zero-order chi connectivity index (χ0) is 13.4. The Balaban J connectivity index is 2.11. The fourth-order valence-electron chi connectivity index (χ4n) is 1.95. The largest absolute Gasteiger partial charge is 0.496 e. The number of hydrogen-bond donors (Lipinski definition) is 0. The second-order valence-electron chi connectivity index (χ2n) is 4.34. The number of aryl methyl sites for hydroxylation is 1. The molecule has 0 aliphatic rings. The Labute approximate surface area is 124 Å². The van der Waals surface area contributed by atoms with E-state index in [1.54, 1.807) is 18.4 Å². The van der Waals surface area contributed by atoms with Crippen molar-refractivity contribution in [3.63, 3.8) is 0 Å². The van der Waals surface area contributed by atoms with Gasteiger partial charge in [-0.15, -0.1) is 11.3 Å². The molecule has 0 unspecified atom stereocenters. The number of nitrogens with zero attached hydrogens (tertiary/aromatic N) is 1. The lowest BCUT2D eigenvalue weighted by Gasteiger charge is -2.03. The smallest absolute Gasteiger partial charge is 0.133 e. The minimum atomic E-state index is 0.834. The third-order valence-electron chi connectivity index (χ3n) is 2.94. The first kappa shape index (κ1) is 12.6. The quantitative estimate of drug-likeness (QED) is 0.655. The van der Waals surface area contributed by atoms with Crippen molar-refractivity contribution in [1.29, 1.82) is 0 Å². The van der Waals surface area contributed by atoms with Crippen LogP contribution in [0.3, 0.4) is 0 Å². The highest BCUT2D eigenvalue weighted by atomic mass is 79.9. The van der Waals surface area contributed by atoms with E-state index in [9.17, 15) is 0 Å². The predicted octanol–water partition coefficient (Wildman–Crippen LogP) is 5.04. The summed E-state index contributed by atoms with van der Waals surface area (Å²) in [5, 5.41) is 1.03. The third-order valence-corrected chi connectivity index (χ3v) is 4.63. The predicted molar refractivity (Wildman–Crippen MR) is 84.0 cm³/mol. The van der Waals surface area contributed by atoms with Crippen LogP contribution in [0.1, 0.15) is 5.56 Å². The number of aromatic nitrogens is 1. The molecule has 3 aromatic rings. The molecular formula is C15H12BrNOS. The van der Waals surface area contributed by atoms with E-state index in [-0.39, 0.29) is 0 Å². The zero-order valence-corrected chi connectivity index (χ0v) is 13.0. The Morgan fingerprint density at radius 1 is 1.16 bits per heavy atom. The van der Waals surface area contributed by atoms with Crippen LogP contribution in [-0.2, 0) is 0 Å². The molecule has 1 aromatic heterocycles. The Morgan fingerprint density at radius 3 is 2.74 bits per heavy atom. The van der Waals surface area contributed by atoms with Gasteiger partial charge in [-0.3, -0.25) is 0 Å². The zero-order valence-electron chi connectivity index (χ0n) is 10.6. The van der Waals surface area contributed by atoms with Gasteiger partial charge in [0.05, 0.1) is 21.8 Å². The summed E-state index contributed by atoms with van der Waals surface area (Å²) in [5.41, 5.74) is 3.42. The van der Waals surface area contributed by atoms with Crippen LogP contribution in [0.4, 0.5) is 0 Å². The molecule has 0 atom stereocenters. The van der Waals surface area contributed by atoms with Crippen molar-refractivity contribution in [2.45, 2.75) is 6.92 Å². The fourth-order valence-corrected chi connectivity index (χ4v) is 3.56. The molecule has 0 aliphatic heterocycles. The van der Waals surface area contributed by atoms with Gasteiger partial charge in [-0.1, -0.05) is 6.07 Å². The number of hydrogen-bond acceptors (Lipinski definition) is 3. The van der Waals surface area contributed by atoms with Gasteiger partial charge >= 0.3 is 0 Å². The molecule has 0 aliphatic carbocycles. The number of benzene rings is 2. The van der Waals surface area contributed by atoms with Crippen LogP contribution in [0.25, 0.3) is 20.8 Å². The molecule has 0 spiro atoms. The molecule has 4 heteroatoms. The molecule has 2 nitrogen and oxygen atoms in total. The highest BCUT2D eigenvalue weighted by Gasteiger charge is 2.08. The van der Waals surface area contributed by atoms with Gasteiger partial charge in [0.1, 0.15) is 10.8 Å². The van der Waals surface area contributed by atoms with E-state index in [1.165, 1.54) is 10.3 Å². The lowest BCUT2D eigenvalue weighted by atomic mass is 10.2. The Kier molecular flexibility index (Phi) is 3.29. The van der Waals surface area contributed by atoms with Crippen molar-refractivity contribution < 1.29 is 4.74 Å². The monoisotopic (exact) mass is 333 g/mol. The second kappa shape index (κ2) is 4.94. The van der Waals surface area contributed by atoms with Gasteiger partial charge in [-0.2, -0.15) is 0 Å². The molecule has 0 saturated heterocycles. The molecule has 0 bridgehead atoms. The highest BCUT2D eigenvalue weighted by molar-refractivity contribution is 9.10. The summed E-state index contributed by atoms with van der Waals surface area (Å²) in [6, 6.07) is 12.4. The molecule has 0 saturated carbocycles. The van der Waals surface area contributed by atoms with Crippen LogP contribution >= 0.6 is 27.3 Å². The van der Waals surface area contributed by atoms with Crippen LogP contribution in [0, 0.1) is 6.92 Å². The van der Waals surface area contributed by atoms with Gasteiger partial charge in [0.2, 0.25) is 0 Å². The minimum Gasteiger partial charge on any atom is -0.496 e. The van der Waals surface area contributed by atoms with E-state index in [4.69, 9.17) is 4.74 Å². The summed E-state index contributed by atoms with van der Waals surface area (Å²) in [6.45, 7) is 2.10. The normalized spacial score (nSPS) is 10.9. The van der Waals surface area contributed by atoms with Gasteiger partial charge in [-0.25, -0.2) is 4.98 Å². The van der Waals surface area contributed by atoms with E-state index in [0.717, 1.165) is 26.3 Å². The summed E-state index contributed by atoms with van der Waals surface area (Å²) in [7, 11) is 1.67. The molecule has 0 fully saturated rings. The maximum atomic E-state index is 5.25. The summed E-state index contributed by atoms with van der Waals surface area (Å²) in [6.07, 6.45) is 0. The number of ether oxygens (including phenoxy) is 1. The number of fused-ring (bicyclic) bond motifs is 1. The number of rotatable bonds is 2. The molecule has 1 heterocycles. The Hall–Kier alpha value is -1.39. The van der Waals surface area contributed by atoms with Gasteiger partial charge in [0.25, 0.3) is 0 Å². The molecule has 0 radical (unpaired) electrons. The van der Waals surface area contributed by atoms with Gasteiger partial charge in [-0.05, 0) is 58.7 Å². The lowest BCUT2D eigenvalue weighted by molar-refractivity contribution is 0.412. The topological polar surface area (TPSA) is 22.1 Å². The first-order valence-electron chi connectivity index (χ1n) is 5.88. The SMILES string of the molecule is COc1ccc(-c2nc3ccc(C)cc3s2)cc1Br. The van der Waals surface area contributed by atoms with Crippen molar-refractivity contribution in [2.75, 3.05) is 7.11 Å². The molecule has 2 aromatic carbocycles. The lowest BCUT2D eigenvalue weighted by Crippen LogP contribution is -1.84. The maximum absolute atomic E-state index is 5.25. The number of halogens is 1. The summed E-state index contributed by atoms with van der Waals surface area (Å²) >= 11 is 5.23. The molecule has 0 amide bonds. The van der Waals surface area contributed by atoms with E-state index in [1.807, 2.05) is 18.2 Å². The summed E-state index contributed by atoms with van der Waals surface area (Å²) < 4.78 is 7.42. The van der Waals surface area contributed by atoms with Gasteiger partial charge in [0.15, 0.2) is 0 Å². The van der Waals surface area contributed by atoms with E-state index >= 15 is 0 Å². The van der Waals surface area contributed by atoms with Crippen LogP contribution in [0.15, 0.2) is 40.9 Å². The van der Waals surface area contributed by atoms with Gasteiger partial charge in [0, 0.05) is 5.56 Å². The van der Waals surface area contributed by atoms with Crippen molar-refractivity contribution >= 4 is 37.5 Å². The average molecular weight is 334 g/mol. The van der Waals surface area contributed by atoms with Crippen LogP contribution < -0.4 is 4.74 Å². The first-order valence-corrected chi connectivity index (χ1v) is 7.49. The Morgan fingerprint density at radius 2 is 2.00 bits per heavy atom. The van der Waals surface area contributed by atoms with E-state index < -0.39 is 0 Å². The summed E-state index contributed by atoms with van der Waals surface area (Å²) in [4.78, 5) is 4.68. The first-order chi connectivity index (χ1) is 9.17. The van der Waals surface area contributed by atoms with Crippen molar-refractivity contribution in [2.24, 2.45) is 0 Å². The molecule has 0 N–H and O–H groups in total. The fraction of sp³-hybridized carbons (Fsp3) is 0.133. The standard InChI is InChI=1S/C15H12BrNOS/c1-9-3-5-12-14(7-9)19-15(17-12)10-4-6-13(18-2)11(16)8-10/h3-8H,1-2H3. The van der Waals surface area contributed by atoms with Crippen LogP contribution in [0.5, 0.6) is 5.75 Å². The minimum absolute atomic E-state index is 0.834. The van der Waals surface area contributed by atoms with Crippen molar-refractivity contribution in [1.82, 2.24) is 4.98 Å². The molecule has 3 rings (SSSR count). The summed E-state index contributed by atoms with van der Waals surface area (Å²) in [5.74, 6) is 0.834. The van der Waals surface area contributed by atoms with Crippen LogP contribution in [-0.4, -0.2) is 12.1 Å². The molecule has 96 valence electrons. The van der Waals surface area contributed by atoms with Crippen molar-refractivity contribution in [3.8, 4) is 16.3 Å². The molecular weight excluding hydrogens is 322 g/mol. The van der Waals surface area contributed by atoms with Crippen LogP contribution in [0.2, 0.25) is 0 Å². The maximum Gasteiger partial charge on any atom is 0.133 e. The van der Waals surface area contributed by atoms with E-state index in [2.05, 4.69) is 46.0 Å². The highest BCUT2D eigenvalue weighted by Crippen LogP contribution is 2.34. The average Bonchev–Trinajstić information content (AvgIpc) is 2.81. The van der Waals surface area contributed by atoms with Crippen molar-refractivity contribution in [3.05, 3.63) is 46.4 Å².